The van der Waals surface area contributed by atoms with Crippen molar-refractivity contribution in [2.24, 2.45) is 7.05 Å². The number of aromatic nitrogens is 3. The van der Waals surface area contributed by atoms with E-state index >= 15 is 0 Å². The lowest BCUT2D eigenvalue weighted by Gasteiger charge is -2.20. The fourth-order valence-corrected chi connectivity index (χ4v) is 3.68. The van der Waals surface area contributed by atoms with Crippen LogP contribution in [0.5, 0.6) is 0 Å². The van der Waals surface area contributed by atoms with E-state index in [0.717, 1.165) is 18.7 Å². The molecule has 2 atom stereocenters. The summed E-state index contributed by atoms with van der Waals surface area (Å²) in [6.45, 7) is 1.89. The number of quaternary nitrogens is 1. The van der Waals surface area contributed by atoms with Crippen molar-refractivity contribution in [3.63, 3.8) is 0 Å². The van der Waals surface area contributed by atoms with Crippen LogP contribution in [0, 0.1) is 0 Å². The number of likely N-dealkylation sites (tertiary alicyclic amines) is 1. The summed E-state index contributed by atoms with van der Waals surface area (Å²) in [6, 6.07) is 12.3. The van der Waals surface area contributed by atoms with Crippen LogP contribution in [0.2, 0.25) is 5.02 Å². The molecule has 1 aromatic carbocycles. The lowest BCUT2D eigenvalue weighted by Crippen LogP contribution is -3.09. The van der Waals surface area contributed by atoms with Gasteiger partial charge in [0.25, 0.3) is 5.89 Å². The third kappa shape index (κ3) is 2.97. The molecule has 2 aromatic heterocycles. The number of hydrogen-bond donors (Lipinski definition) is 1. The van der Waals surface area contributed by atoms with Crippen LogP contribution in [0.3, 0.4) is 0 Å². The molecule has 3 heterocycles. The lowest BCUT2D eigenvalue weighted by atomic mass is 10.1. The Balaban J connectivity index is 1.51. The van der Waals surface area contributed by atoms with Crippen molar-refractivity contribution in [2.75, 3.05) is 6.54 Å². The van der Waals surface area contributed by atoms with Crippen LogP contribution in [0.1, 0.15) is 30.5 Å². The monoisotopic (exact) mass is 343 g/mol. The van der Waals surface area contributed by atoms with Crippen LogP contribution < -0.4 is 4.90 Å². The minimum atomic E-state index is 0.496. The summed E-state index contributed by atoms with van der Waals surface area (Å²) in [5, 5.41) is 4.82. The molecule has 1 N–H and O–H groups in total. The summed E-state index contributed by atoms with van der Waals surface area (Å²) in [5.74, 6) is 1.31. The highest BCUT2D eigenvalue weighted by molar-refractivity contribution is 6.30. The molecule has 0 spiro atoms. The smallest absolute Gasteiger partial charge is 0.282 e. The van der Waals surface area contributed by atoms with Crippen LogP contribution in [-0.2, 0) is 13.6 Å². The molecule has 0 bridgehead atoms. The quantitative estimate of drug-likeness (QED) is 0.792. The Bertz CT molecular complexity index is 824. The van der Waals surface area contributed by atoms with Crippen LogP contribution in [-0.4, -0.2) is 21.3 Å². The first kappa shape index (κ1) is 15.4. The maximum absolute atomic E-state index is 5.93. The topological polar surface area (TPSA) is 48.3 Å². The summed E-state index contributed by atoms with van der Waals surface area (Å²) in [7, 11) is 2.11. The van der Waals surface area contributed by atoms with Gasteiger partial charge in [0.2, 0.25) is 5.82 Å². The molecule has 0 saturated carbocycles. The van der Waals surface area contributed by atoms with E-state index in [1.54, 1.807) is 0 Å². The van der Waals surface area contributed by atoms with Gasteiger partial charge >= 0.3 is 0 Å². The maximum Gasteiger partial charge on any atom is 0.282 e. The van der Waals surface area contributed by atoms with Gasteiger partial charge in [-0.15, -0.1) is 0 Å². The van der Waals surface area contributed by atoms with Gasteiger partial charge in [0.05, 0.1) is 12.2 Å². The van der Waals surface area contributed by atoms with Gasteiger partial charge in [-0.05, 0) is 36.4 Å². The normalized spacial score (nSPS) is 20.6. The zero-order valence-corrected chi connectivity index (χ0v) is 14.3. The van der Waals surface area contributed by atoms with Crippen molar-refractivity contribution in [1.29, 1.82) is 0 Å². The molecule has 1 fully saturated rings. The van der Waals surface area contributed by atoms with Crippen molar-refractivity contribution in [3.8, 4) is 11.4 Å². The molecule has 0 amide bonds. The highest BCUT2D eigenvalue weighted by Crippen LogP contribution is 2.21. The summed E-state index contributed by atoms with van der Waals surface area (Å²) < 4.78 is 7.70. The molecule has 5 nitrogen and oxygen atoms in total. The fourth-order valence-electron chi connectivity index (χ4n) is 3.55. The minimum absolute atomic E-state index is 0.496. The maximum atomic E-state index is 5.93. The Labute approximate surface area is 145 Å². The van der Waals surface area contributed by atoms with Gasteiger partial charge < -0.3 is 14.0 Å². The van der Waals surface area contributed by atoms with E-state index < -0.39 is 0 Å². The highest BCUT2D eigenvalue weighted by atomic mass is 35.5. The van der Waals surface area contributed by atoms with Crippen molar-refractivity contribution in [3.05, 3.63) is 59.2 Å². The van der Waals surface area contributed by atoms with E-state index in [0.29, 0.717) is 22.8 Å². The first-order chi connectivity index (χ1) is 11.7. The predicted molar refractivity (Wildman–Crippen MR) is 91.7 cm³/mol. The third-order valence-electron chi connectivity index (χ3n) is 4.77. The molecule has 124 valence electrons. The van der Waals surface area contributed by atoms with E-state index in [1.165, 1.54) is 23.4 Å². The average Bonchev–Trinajstić information content (AvgIpc) is 3.30. The predicted octanol–water partition coefficient (Wildman–Crippen LogP) is 2.65. The molecule has 4 rings (SSSR count). The molecule has 0 radical (unpaired) electrons. The molecule has 24 heavy (non-hydrogen) atoms. The number of nitrogens with zero attached hydrogens (tertiary/aromatic N) is 3. The summed E-state index contributed by atoms with van der Waals surface area (Å²) in [4.78, 5) is 6.05. The Morgan fingerprint density at radius 3 is 2.88 bits per heavy atom. The van der Waals surface area contributed by atoms with Gasteiger partial charge in [0, 0.05) is 36.7 Å². The van der Waals surface area contributed by atoms with E-state index in [1.807, 2.05) is 24.3 Å². The van der Waals surface area contributed by atoms with Crippen LogP contribution in [0.15, 0.2) is 47.1 Å². The highest BCUT2D eigenvalue weighted by Gasteiger charge is 2.32. The van der Waals surface area contributed by atoms with Gasteiger partial charge in [-0.1, -0.05) is 16.8 Å². The number of halogens is 1. The summed E-state index contributed by atoms with van der Waals surface area (Å²) >= 11 is 5.93. The zero-order chi connectivity index (χ0) is 16.5. The molecule has 0 aliphatic carbocycles. The largest absolute Gasteiger partial charge is 0.350 e. The van der Waals surface area contributed by atoms with Crippen molar-refractivity contribution in [2.45, 2.75) is 25.4 Å². The second-order valence-corrected chi connectivity index (χ2v) is 6.78. The molecule has 6 heteroatoms. The zero-order valence-electron chi connectivity index (χ0n) is 13.6. The van der Waals surface area contributed by atoms with E-state index in [2.05, 4.69) is 40.1 Å². The van der Waals surface area contributed by atoms with Crippen LogP contribution >= 0.6 is 11.6 Å². The van der Waals surface area contributed by atoms with Gasteiger partial charge in [-0.2, -0.15) is 4.98 Å². The molecular formula is C18H20ClN4O+. The van der Waals surface area contributed by atoms with E-state index in [-0.39, 0.29) is 0 Å². The van der Waals surface area contributed by atoms with E-state index in [9.17, 15) is 0 Å². The molecule has 1 aliphatic rings. The second kappa shape index (κ2) is 6.42. The fraction of sp³-hybridized carbons (Fsp3) is 0.333. The molecule has 1 aliphatic heterocycles. The molecule has 3 aromatic rings. The number of nitrogens with one attached hydrogen (secondary N) is 1. The van der Waals surface area contributed by atoms with Crippen LogP contribution in [0.25, 0.3) is 11.4 Å². The Morgan fingerprint density at radius 1 is 1.29 bits per heavy atom. The van der Waals surface area contributed by atoms with Gasteiger partial charge in [-0.25, -0.2) is 0 Å². The minimum Gasteiger partial charge on any atom is -0.350 e. The van der Waals surface area contributed by atoms with Gasteiger partial charge in [0.15, 0.2) is 6.54 Å². The standard InChI is InChI=1S/C18H19ClN4O/c1-22-10-2-4-15(22)16-5-3-11-23(16)12-17-20-18(21-24-17)13-6-8-14(19)9-7-13/h2,4,6-10,16H,3,5,11-12H2,1H3/p+1/t16-/m1/s1. The Kier molecular flexibility index (Phi) is 4.12. The van der Waals surface area contributed by atoms with Crippen LogP contribution in [0.4, 0.5) is 0 Å². The first-order valence-corrected chi connectivity index (χ1v) is 8.63. The summed E-state index contributed by atoms with van der Waals surface area (Å²) in [5.41, 5.74) is 2.30. The van der Waals surface area contributed by atoms with Gasteiger partial charge in [-0.3, -0.25) is 0 Å². The molecule has 1 unspecified atom stereocenters. The number of hydrogen-bond acceptors (Lipinski definition) is 3. The number of benzene rings is 1. The Morgan fingerprint density at radius 2 is 2.12 bits per heavy atom. The lowest BCUT2D eigenvalue weighted by molar-refractivity contribution is -0.933. The van der Waals surface area contributed by atoms with Crippen molar-refractivity contribution >= 4 is 11.6 Å². The van der Waals surface area contributed by atoms with Crippen molar-refractivity contribution in [1.82, 2.24) is 14.7 Å². The summed E-state index contributed by atoms with van der Waals surface area (Å²) in [6.07, 6.45) is 4.53. The molecule has 1 saturated heterocycles. The number of rotatable bonds is 4. The van der Waals surface area contributed by atoms with Crippen molar-refractivity contribution < 1.29 is 9.42 Å². The first-order valence-electron chi connectivity index (χ1n) is 8.25. The third-order valence-corrected chi connectivity index (χ3v) is 5.03. The second-order valence-electron chi connectivity index (χ2n) is 6.34. The Hall–Kier alpha value is -2.11. The van der Waals surface area contributed by atoms with E-state index in [4.69, 9.17) is 16.1 Å². The SMILES string of the molecule is Cn1cccc1[C@H]1CCC[NH+]1Cc1nc(-c2ccc(Cl)cc2)no1. The molecular weight excluding hydrogens is 324 g/mol. The number of aryl methyl sites for hydroxylation is 1. The van der Waals surface area contributed by atoms with Gasteiger partial charge in [0.1, 0.15) is 6.04 Å². The average molecular weight is 344 g/mol.